The Bertz CT molecular complexity index is 934. The fraction of sp³-hybridized carbons (Fsp3) is 0.440. The number of carbonyl (C=O) groups is 2. The largest absolute Gasteiger partial charge is 0.460 e. The van der Waals surface area contributed by atoms with Gasteiger partial charge >= 0.3 is 12.1 Å². The molecule has 0 heterocycles. The molecule has 1 saturated carbocycles. The van der Waals surface area contributed by atoms with Crippen molar-refractivity contribution < 1.29 is 24.2 Å². The van der Waals surface area contributed by atoms with Crippen LogP contribution in [0.2, 0.25) is 0 Å². The number of nitrogens with one attached hydrogen (secondary N) is 1. The zero-order valence-corrected chi connectivity index (χ0v) is 18.1. The average Bonchev–Trinajstić information content (AvgIpc) is 3.23. The van der Waals surface area contributed by atoms with Gasteiger partial charge in [-0.2, -0.15) is 0 Å². The van der Waals surface area contributed by atoms with Gasteiger partial charge in [0.1, 0.15) is 12.2 Å². The van der Waals surface area contributed by atoms with Crippen molar-refractivity contribution in [3.05, 3.63) is 59.7 Å². The number of alkyl carbamates (subject to hydrolysis) is 1. The van der Waals surface area contributed by atoms with Gasteiger partial charge in [0.15, 0.2) is 0 Å². The van der Waals surface area contributed by atoms with Crippen molar-refractivity contribution in [2.75, 3.05) is 6.61 Å². The minimum Gasteiger partial charge on any atom is -0.460 e. The van der Waals surface area contributed by atoms with Gasteiger partial charge in [0.25, 0.3) is 0 Å². The molecule has 0 bridgehead atoms. The molecule has 164 valence electrons. The van der Waals surface area contributed by atoms with E-state index in [2.05, 4.69) is 29.6 Å². The second-order valence-electron chi connectivity index (χ2n) is 9.35. The molecule has 6 nitrogen and oxygen atoms in total. The van der Waals surface area contributed by atoms with Gasteiger partial charge in [-0.1, -0.05) is 48.5 Å². The summed E-state index contributed by atoms with van der Waals surface area (Å²) >= 11 is 0. The molecule has 2 aromatic rings. The molecule has 0 aliphatic heterocycles. The molecule has 31 heavy (non-hydrogen) atoms. The highest BCUT2D eigenvalue weighted by atomic mass is 16.6. The van der Waals surface area contributed by atoms with Crippen molar-refractivity contribution in [2.24, 2.45) is 5.92 Å². The Hall–Kier alpha value is -2.86. The molecule has 3 atom stereocenters. The molecule has 1 amide bonds. The molecule has 0 saturated heterocycles. The van der Waals surface area contributed by atoms with Crippen molar-refractivity contribution >= 4 is 12.1 Å². The summed E-state index contributed by atoms with van der Waals surface area (Å²) in [6, 6.07) is 15.8. The fourth-order valence-electron chi connectivity index (χ4n) is 4.54. The van der Waals surface area contributed by atoms with Gasteiger partial charge in [0.05, 0.1) is 18.1 Å². The maximum Gasteiger partial charge on any atom is 0.407 e. The van der Waals surface area contributed by atoms with Crippen molar-refractivity contribution in [3.8, 4) is 11.1 Å². The van der Waals surface area contributed by atoms with E-state index in [-0.39, 0.29) is 24.9 Å². The van der Waals surface area contributed by atoms with Crippen LogP contribution in [-0.4, -0.2) is 41.5 Å². The third-order valence-electron chi connectivity index (χ3n) is 5.92. The minimum absolute atomic E-state index is 0.0267. The predicted molar refractivity (Wildman–Crippen MR) is 117 cm³/mol. The van der Waals surface area contributed by atoms with Gasteiger partial charge in [-0.05, 0) is 55.9 Å². The van der Waals surface area contributed by atoms with E-state index < -0.39 is 29.8 Å². The van der Waals surface area contributed by atoms with E-state index in [1.54, 1.807) is 0 Å². The number of esters is 1. The SMILES string of the molecule is CC(C)(C)OC(=O)[C@@H]1C[C@@H](O)[C@H](NC(=O)OCC2c3ccccc3-c3ccccc32)C1. The van der Waals surface area contributed by atoms with Crippen molar-refractivity contribution in [1.82, 2.24) is 5.32 Å². The van der Waals surface area contributed by atoms with Gasteiger partial charge in [-0.25, -0.2) is 4.79 Å². The highest BCUT2D eigenvalue weighted by molar-refractivity contribution is 5.79. The Morgan fingerprint density at radius 3 is 2.16 bits per heavy atom. The third kappa shape index (κ3) is 4.59. The number of carbonyl (C=O) groups excluding carboxylic acids is 2. The highest BCUT2D eigenvalue weighted by Gasteiger charge is 2.40. The molecule has 0 aromatic heterocycles. The first kappa shape index (κ1) is 21.4. The molecule has 2 aromatic carbocycles. The summed E-state index contributed by atoms with van der Waals surface area (Å²) in [6.07, 6.45) is -0.794. The van der Waals surface area contributed by atoms with E-state index in [9.17, 15) is 14.7 Å². The Balaban J connectivity index is 1.36. The molecule has 2 aliphatic carbocycles. The van der Waals surface area contributed by atoms with Gasteiger partial charge < -0.3 is 19.9 Å². The zero-order chi connectivity index (χ0) is 22.2. The monoisotopic (exact) mass is 423 g/mol. The number of amides is 1. The Morgan fingerprint density at radius 2 is 1.58 bits per heavy atom. The molecule has 4 rings (SSSR count). The lowest BCUT2D eigenvalue weighted by Crippen LogP contribution is -2.40. The lowest BCUT2D eigenvalue weighted by atomic mass is 9.98. The first-order valence-corrected chi connectivity index (χ1v) is 10.8. The second kappa shape index (κ2) is 8.35. The summed E-state index contributed by atoms with van der Waals surface area (Å²) in [4.78, 5) is 24.8. The number of fused-ring (bicyclic) bond motifs is 3. The average molecular weight is 424 g/mol. The van der Waals surface area contributed by atoms with E-state index in [0.717, 1.165) is 11.1 Å². The molecule has 0 radical (unpaired) electrons. The molecule has 0 spiro atoms. The minimum atomic E-state index is -0.807. The van der Waals surface area contributed by atoms with Crippen LogP contribution in [0.15, 0.2) is 48.5 Å². The number of hydrogen-bond donors (Lipinski definition) is 2. The van der Waals surface area contributed by atoms with Gasteiger partial charge in [-0.3, -0.25) is 4.79 Å². The zero-order valence-electron chi connectivity index (χ0n) is 18.1. The summed E-state index contributed by atoms with van der Waals surface area (Å²) in [6.45, 7) is 5.63. The molecule has 2 N–H and O–H groups in total. The van der Waals surface area contributed by atoms with Crippen LogP contribution in [0.25, 0.3) is 11.1 Å². The number of aliphatic hydroxyl groups excluding tert-OH is 1. The number of benzene rings is 2. The van der Waals surface area contributed by atoms with E-state index >= 15 is 0 Å². The van der Waals surface area contributed by atoms with Gasteiger partial charge in [-0.15, -0.1) is 0 Å². The van der Waals surface area contributed by atoms with Crippen LogP contribution >= 0.6 is 0 Å². The fourth-order valence-corrected chi connectivity index (χ4v) is 4.54. The molecule has 0 unspecified atom stereocenters. The standard InChI is InChI=1S/C25H29NO5/c1-25(2,3)31-23(28)15-12-21(22(27)13-15)26-24(29)30-14-20-18-10-6-4-8-16(18)17-9-5-7-11-19(17)20/h4-11,15,20-22,27H,12-14H2,1-3H3,(H,26,29)/t15-,21+,22+/m0/s1. The van der Waals surface area contributed by atoms with Crippen LogP contribution in [-0.2, 0) is 14.3 Å². The molecule has 2 aliphatic rings. The first-order valence-electron chi connectivity index (χ1n) is 10.8. The first-order chi connectivity index (χ1) is 14.7. The number of rotatable bonds is 4. The van der Waals surface area contributed by atoms with Crippen LogP contribution in [0.3, 0.4) is 0 Å². The maximum absolute atomic E-state index is 12.5. The third-order valence-corrected chi connectivity index (χ3v) is 5.92. The van der Waals surface area contributed by atoms with Crippen LogP contribution in [0.1, 0.15) is 50.7 Å². The lowest BCUT2D eigenvalue weighted by Gasteiger charge is -2.22. The lowest BCUT2D eigenvalue weighted by molar-refractivity contribution is -0.160. The highest BCUT2D eigenvalue weighted by Crippen LogP contribution is 2.44. The van der Waals surface area contributed by atoms with E-state index in [4.69, 9.17) is 9.47 Å². The Morgan fingerprint density at radius 1 is 1.00 bits per heavy atom. The summed E-state index contributed by atoms with van der Waals surface area (Å²) in [5.74, 6) is -0.808. The van der Waals surface area contributed by atoms with Gasteiger partial charge in [0, 0.05) is 5.92 Å². The molecular formula is C25H29NO5. The number of ether oxygens (including phenoxy) is 2. The molecule has 1 fully saturated rings. The van der Waals surface area contributed by atoms with E-state index in [0.29, 0.717) is 6.42 Å². The smallest absolute Gasteiger partial charge is 0.407 e. The van der Waals surface area contributed by atoms with Crippen molar-refractivity contribution in [3.63, 3.8) is 0 Å². The van der Waals surface area contributed by atoms with Crippen molar-refractivity contribution in [1.29, 1.82) is 0 Å². The summed E-state index contributed by atoms with van der Waals surface area (Å²) in [5, 5.41) is 13.0. The van der Waals surface area contributed by atoms with Crippen LogP contribution < -0.4 is 5.32 Å². The number of hydrogen-bond acceptors (Lipinski definition) is 5. The Kier molecular flexibility index (Phi) is 5.75. The number of aliphatic hydroxyl groups is 1. The van der Waals surface area contributed by atoms with Crippen molar-refractivity contribution in [2.45, 2.75) is 57.3 Å². The summed E-state index contributed by atoms with van der Waals surface area (Å²) in [5.41, 5.74) is 4.03. The summed E-state index contributed by atoms with van der Waals surface area (Å²) in [7, 11) is 0. The molecule has 6 heteroatoms. The van der Waals surface area contributed by atoms with E-state index in [1.165, 1.54) is 11.1 Å². The molecular weight excluding hydrogens is 394 g/mol. The normalized spacial score (nSPS) is 22.5. The maximum atomic E-state index is 12.5. The van der Waals surface area contributed by atoms with Crippen LogP contribution in [0, 0.1) is 5.92 Å². The summed E-state index contributed by atoms with van der Waals surface area (Å²) < 4.78 is 11.0. The second-order valence-corrected chi connectivity index (χ2v) is 9.35. The van der Waals surface area contributed by atoms with E-state index in [1.807, 2.05) is 45.0 Å². The topological polar surface area (TPSA) is 84.9 Å². The quantitative estimate of drug-likeness (QED) is 0.726. The van der Waals surface area contributed by atoms with Crippen LogP contribution in [0.5, 0.6) is 0 Å². The predicted octanol–water partition coefficient (Wildman–Crippen LogP) is 4.01. The van der Waals surface area contributed by atoms with Gasteiger partial charge in [0.2, 0.25) is 0 Å². The Labute approximate surface area is 182 Å². The van der Waals surface area contributed by atoms with Crippen LogP contribution in [0.4, 0.5) is 4.79 Å².